The van der Waals surface area contributed by atoms with Gasteiger partial charge in [-0.15, -0.1) is 0 Å². The molecule has 1 fully saturated rings. The van der Waals surface area contributed by atoms with Crippen molar-refractivity contribution in [3.05, 3.63) is 29.8 Å². The smallest absolute Gasteiger partial charge is 0.378 e. The highest BCUT2D eigenvalue weighted by Gasteiger charge is 2.36. The van der Waals surface area contributed by atoms with Crippen LogP contribution in [0.4, 0.5) is 18.9 Å². The Kier molecular flexibility index (Phi) is 5.52. The predicted molar refractivity (Wildman–Crippen MR) is 90.9 cm³/mol. The van der Waals surface area contributed by atoms with Crippen molar-refractivity contribution in [3.8, 4) is 0 Å². The van der Waals surface area contributed by atoms with Gasteiger partial charge >= 0.3 is 6.18 Å². The fourth-order valence-electron chi connectivity index (χ4n) is 2.61. The van der Waals surface area contributed by atoms with Crippen LogP contribution in [0.5, 0.6) is 0 Å². The van der Waals surface area contributed by atoms with Crippen molar-refractivity contribution in [2.75, 3.05) is 31.6 Å². The highest BCUT2D eigenvalue weighted by atomic mass is 32.2. The first-order chi connectivity index (χ1) is 12.3. The molecule has 0 radical (unpaired) electrons. The van der Waals surface area contributed by atoms with Crippen LogP contribution in [0.3, 0.4) is 0 Å². The molecule has 10 heteroatoms. The summed E-state index contributed by atoms with van der Waals surface area (Å²) in [6.45, 7) is 2.29. The van der Waals surface area contributed by atoms with Gasteiger partial charge in [0.15, 0.2) is 5.17 Å². The van der Waals surface area contributed by atoms with Crippen LogP contribution in [0.15, 0.2) is 29.3 Å². The number of carbonyl (C=O) groups excluding carboxylic acids is 2. The van der Waals surface area contributed by atoms with E-state index in [-0.39, 0.29) is 12.1 Å². The second kappa shape index (κ2) is 7.67. The van der Waals surface area contributed by atoms with Crippen LogP contribution in [0.25, 0.3) is 0 Å². The Labute approximate surface area is 151 Å². The zero-order chi connectivity index (χ0) is 18.7. The first-order valence-corrected chi connectivity index (χ1v) is 8.80. The third-order valence-electron chi connectivity index (χ3n) is 3.89. The maximum Gasteiger partial charge on any atom is 0.418 e. The molecule has 3 rings (SSSR count). The van der Waals surface area contributed by atoms with Crippen LogP contribution in [0.2, 0.25) is 0 Å². The van der Waals surface area contributed by atoms with Crippen molar-refractivity contribution in [1.29, 1.82) is 0 Å². The van der Waals surface area contributed by atoms with Gasteiger partial charge in [-0.05, 0) is 12.1 Å². The minimum atomic E-state index is -4.57. The van der Waals surface area contributed by atoms with Crippen LogP contribution in [0, 0.1) is 0 Å². The summed E-state index contributed by atoms with van der Waals surface area (Å²) in [6.07, 6.45) is -4.82. The number of halogens is 3. The molecule has 0 aromatic heterocycles. The fourth-order valence-corrected chi connectivity index (χ4v) is 3.73. The lowest BCUT2D eigenvalue weighted by molar-refractivity contribution is -0.137. The first-order valence-electron chi connectivity index (χ1n) is 7.92. The average molecular weight is 387 g/mol. The molecule has 0 spiro atoms. The number of amides is 2. The molecule has 1 N–H and O–H groups in total. The van der Waals surface area contributed by atoms with Gasteiger partial charge < -0.3 is 15.0 Å². The van der Waals surface area contributed by atoms with Crippen molar-refractivity contribution in [2.45, 2.75) is 17.8 Å². The molecule has 1 atom stereocenters. The molecule has 2 heterocycles. The van der Waals surface area contributed by atoms with Gasteiger partial charge in [-0.1, -0.05) is 23.9 Å². The van der Waals surface area contributed by atoms with Gasteiger partial charge in [0.1, 0.15) is 5.25 Å². The van der Waals surface area contributed by atoms with E-state index < -0.39 is 28.8 Å². The summed E-state index contributed by atoms with van der Waals surface area (Å²) in [6, 6.07) is 4.72. The first kappa shape index (κ1) is 18.7. The van der Waals surface area contributed by atoms with Crippen molar-refractivity contribution in [1.82, 2.24) is 4.90 Å². The number of morpholine rings is 1. The Morgan fingerprint density at radius 2 is 2.00 bits per heavy atom. The van der Waals surface area contributed by atoms with E-state index in [0.717, 1.165) is 17.8 Å². The van der Waals surface area contributed by atoms with Gasteiger partial charge in [0, 0.05) is 19.5 Å². The number of benzene rings is 1. The summed E-state index contributed by atoms with van der Waals surface area (Å²) in [7, 11) is 0. The van der Waals surface area contributed by atoms with E-state index in [1.807, 2.05) is 4.90 Å². The number of alkyl halides is 3. The summed E-state index contributed by atoms with van der Waals surface area (Å²) in [4.78, 5) is 30.0. The van der Waals surface area contributed by atoms with E-state index in [2.05, 4.69) is 10.3 Å². The number of rotatable bonds is 3. The lowest BCUT2D eigenvalue weighted by atomic mass is 10.1. The van der Waals surface area contributed by atoms with E-state index in [1.165, 1.54) is 18.2 Å². The molecule has 1 aromatic carbocycles. The fraction of sp³-hybridized carbons (Fsp3) is 0.438. The summed E-state index contributed by atoms with van der Waals surface area (Å²) in [5.41, 5.74) is -1.25. The summed E-state index contributed by atoms with van der Waals surface area (Å²) in [5, 5.41) is 2.05. The summed E-state index contributed by atoms with van der Waals surface area (Å²) < 4.78 is 44.2. The standard InChI is InChI=1S/C16H16F3N3O3S/c17-16(18,19)10-3-1-2-4-11(10)20-13(23)9-12-14(24)21-15(26-12)22-5-7-25-8-6-22/h1-4,12H,5-9H2,(H,20,23)/t12-/m0/s1. The molecular weight excluding hydrogens is 371 g/mol. The van der Waals surface area contributed by atoms with E-state index in [1.54, 1.807) is 0 Å². The van der Waals surface area contributed by atoms with Gasteiger partial charge in [-0.2, -0.15) is 18.2 Å². The Morgan fingerprint density at radius 1 is 1.31 bits per heavy atom. The number of hydrogen-bond donors (Lipinski definition) is 1. The monoisotopic (exact) mass is 387 g/mol. The second-order valence-corrected chi connectivity index (χ2v) is 6.90. The van der Waals surface area contributed by atoms with Gasteiger partial charge in [0.05, 0.1) is 24.5 Å². The molecule has 1 aromatic rings. The molecule has 0 unspecified atom stereocenters. The number of anilines is 1. The normalized spacial score (nSPS) is 20.9. The largest absolute Gasteiger partial charge is 0.418 e. The molecule has 0 saturated carbocycles. The van der Waals surface area contributed by atoms with Crippen LogP contribution in [0.1, 0.15) is 12.0 Å². The van der Waals surface area contributed by atoms with Crippen molar-refractivity contribution in [3.63, 3.8) is 0 Å². The Morgan fingerprint density at radius 3 is 2.69 bits per heavy atom. The van der Waals surface area contributed by atoms with Crippen molar-refractivity contribution >= 4 is 34.4 Å². The predicted octanol–water partition coefficient (Wildman–Crippen LogP) is 2.36. The molecule has 0 bridgehead atoms. The number of amidine groups is 1. The number of ether oxygens (including phenoxy) is 1. The maximum atomic E-state index is 13.0. The topological polar surface area (TPSA) is 71.0 Å². The van der Waals surface area contributed by atoms with Gasteiger partial charge in [0.2, 0.25) is 5.91 Å². The lowest BCUT2D eigenvalue weighted by Crippen LogP contribution is -2.39. The zero-order valence-electron chi connectivity index (χ0n) is 13.6. The number of nitrogens with one attached hydrogen (secondary N) is 1. The van der Waals surface area contributed by atoms with Gasteiger partial charge in [-0.25, -0.2) is 0 Å². The van der Waals surface area contributed by atoms with Crippen LogP contribution in [-0.4, -0.2) is 53.4 Å². The molecule has 2 aliphatic heterocycles. The SMILES string of the molecule is O=C(C[C@@H]1SC(N2CCOCC2)=NC1=O)Nc1ccccc1C(F)(F)F. The molecule has 0 aliphatic carbocycles. The highest BCUT2D eigenvalue weighted by molar-refractivity contribution is 8.15. The number of aliphatic imine (C=N–C) groups is 1. The van der Waals surface area contributed by atoms with E-state index in [0.29, 0.717) is 31.5 Å². The molecule has 26 heavy (non-hydrogen) atoms. The molecule has 1 saturated heterocycles. The maximum absolute atomic E-state index is 13.0. The van der Waals surface area contributed by atoms with Gasteiger partial charge in [-0.3, -0.25) is 9.59 Å². The quantitative estimate of drug-likeness (QED) is 0.862. The molecule has 2 amide bonds. The number of carbonyl (C=O) groups is 2. The molecule has 140 valence electrons. The summed E-state index contributed by atoms with van der Waals surface area (Å²) >= 11 is 1.16. The number of para-hydroxylation sites is 1. The third kappa shape index (κ3) is 4.36. The Balaban J connectivity index is 1.60. The molecule has 2 aliphatic rings. The van der Waals surface area contributed by atoms with Crippen molar-refractivity contribution in [2.24, 2.45) is 4.99 Å². The van der Waals surface area contributed by atoms with Crippen molar-refractivity contribution < 1.29 is 27.5 Å². The van der Waals surface area contributed by atoms with Crippen LogP contribution in [-0.2, 0) is 20.5 Å². The second-order valence-electron chi connectivity index (χ2n) is 5.73. The number of hydrogen-bond acceptors (Lipinski definition) is 5. The Bertz CT molecular complexity index is 733. The van der Waals surface area contributed by atoms with E-state index >= 15 is 0 Å². The van der Waals surface area contributed by atoms with Gasteiger partial charge in [0.25, 0.3) is 5.91 Å². The summed E-state index contributed by atoms with van der Waals surface area (Å²) in [5.74, 6) is -1.11. The third-order valence-corrected chi connectivity index (χ3v) is 5.10. The minimum Gasteiger partial charge on any atom is -0.378 e. The number of thioether (sulfide) groups is 1. The van der Waals surface area contributed by atoms with Crippen LogP contribution < -0.4 is 5.32 Å². The Hall–Kier alpha value is -2.07. The minimum absolute atomic E-state index is 0.243. The van der Waals surface area contributed by atoms with E-state index in [9.17, 15) is 22.8 Å². The zero-order valence-corrected chi connectivity index (χ0v) is 14.4. The average Bonchev–Trinajstić information content (AvgIpc) is 2.96. The lowest BCUT2D eigenvalue weighted by Gasteiger charge is -2.27. The highest BCUT2D eigenvalue weighted by Crippen LogP contribution is 2.35. The van der Waals surface area contributed by atoms with E-state index in [4.69, 9.17) is 4.74 Å². The van der Waals surface area contributed by atoms with Crippen LogP contribution >= 0.6 is 11.8 Å². The number of nitrogens with zero attached hydrogens (tertiary/aromatic N) is 2. The molecular formula is C16H16F3N3O3S. The molecule has 6 nitrogen and oxygen atoms in total.